The van der Waals surface area contributed by atoms with Crippen LogP contribution in [0.3, 0.4) is 0 Å². The smallest absolute Gasteiger partial charge is 0.338 e. The van der Waals surface area contributed by atoms with Gasteiger partial charge in [-0.2, -0.15) is 0 Å². The summed E-state index contributed by atoms with van der Waals surface area (Å²) in [5, 5.41) is 1.09. The van der Waals surface area contributed by atoms with E-state index in [9.17, 15) is 4.79 Å². The van der Waals surface area contributed by atoms with Crippen LogP contribution in [0, 0.1) is 0 Å². The van der Waals surface area contributed by atoms with Crippen LogP contribution >= 0.6 is 11.3 Å². The largest absolute Gasteiger partial charge is 0.465 e. The van der Waals surface area contributed by atoms with Crippen molar-refractivity contribution >= 4 is 33.1 Å². The molecule has 0 amide bonds. The Balaban J connectivity index is 2.18. The molecule has 0 aliphatic carbocycles. The summed E-state index contributed by atoms with van der Waals surface area (Å²) in [6, 6.07) is 15.3. The summed E-state index contributed by atoms with van der Waals surface area (Å²) >= 11 is 1.64. The Bertz CT molecular complexity index is 792. The van der Waals surface area contributed by atoms with E-state index in [-0.39, 0.29) is 5.97 Å². The highest BCUT2D eigenvalue weighted by Crippen LogP contribution is 2.36. The number of benzene rings is 2. The Hall–Kier alpha value is -2.33. The van der Waals surface area contributed by atoms with Gasteiger partial charge in [0.25, 0.3) is 0 Å². The summed E-state index contributed by atoms with van der Waals surface area (Å²) in [7, 11) is 1.39. The second-order valence-electron chi connectivity index (χ2n) is 4.45. The predicted molar refractivity (Wildman–Crippen MR) is 83.0 cm³/mol. The van der Waals surface area contributed by atoms with Crippen molar-refractivity contribution in [2.45, 2.75) is 0 Å². The van der Waals surface area contributed by atoms with Crippen molar-refractivity contribution in [2.24, 2.45) is 0 Å². The maximum absolute atomic E-state index is 11.8. The van der Waals surface area contributed by atoms with E-state index >= 15 is 0 Å². The summed E-state index contributed by atoms with van der Waals surface area (Å²) in [5.41, 5.74) is 8.01. The van der Waals surface area contributed by atoms with Crippen LogP contribution in [0.2, 0.25) is 0 Å². The highest BCUT2D eigenvalue weighted by Gasteiger charge is 2.14. The summed E-state index contributed by atoms with van der Waals surface area (Å²) in [4.78, 5) is 12.9. The topological polar surface area (TPSA) is 52.3 Å². The van der Waals surface area contributed by atoms with E-state index in [1.807, 2.05) is 36.4 Å². The molecule has 0 unspecified atom stereocenters. The highest BCUT2D eigenvalue weighted by molar-refractivity contribution is 7.22. The Morgan fingerprint density at radius 2 is 1.95 bits per heavy atom. The molecule has 0 spiro atoms. The molecule has 0 radical (unpaired) electrons. The zero-order valence-electron chi connectivity index (χ0n) is 10.9. The summed E-state index contributed by atoms with van der Waals surface area (Å²) in [5.74, 6) is -0.322. The number of esters is 1. The average Bonchev–Trinajstić information content (AvgIpc) is 2.89. The molecule has 3 nitrogen and oxygen atoms in total. The third-order valence-corrected chi connectivity index (χ3v) is 4.29. The highest BCUT2D eigenvalue weighted by atomic mass is 32.1. The molecule has 3 aromatic rings. The molecule has 0 bridgehead atoms. The van der Waals surface area contributed by atoms with Crippen LogP contribution in [0.1, 0.15) is 10.4 Å². The van der Waals surface area contributed by atoms with E-state index in [0.29, 0.717) is 5.56 Å². The Morgan fingerprint density at radius 3 is 2.75 bits per heavy atom. The van der Waals surface area contributed by atoms with Crippen LogP contribution < -0.4 is 5.73 Å². The lowest BCUT2D eigenvalue weighted by molar-refractivity contribution is 0.0601. The number of nitrogen functional groups attached to an aromatic ring is 1. The minimum absolute atomic E-state index is 0.322. The van der Waals surface area contributed by atoms with Gasteiger partial charge in [0.1, 0.15) is 0 Å². The van der Waals surface area contributed by atoms with Crippen LogP contribution in [-0.2, 0) is 4.74 Å². The zero-order valence-corrected chi connectivity index (χ0v) is 11.7. The van der Waals surface area contributed by atoms with Gasteiger partial charge in [-0.15, -0.1) is 11.3 Å². The minimum atomic E-state index is -0.322. The number of methoxy groups -OCH3 is 1. The van der Waals surface area contributed by atoms with Crippen molar-refractivity contribution in [3.8, 4) is 10.4 Å². The number of hydrogen-bond donors (Lipinski definition) is 1. The molecule has 2 aromatic carbocycles. The molecule has 2 N–H and O–H groups in total. The second kappa shape index (κ2) is 4.98. The number of anilines is 1. The maximum atomic E-state index is 11.8. The van der Waals surface area contributed by atoms with Crippen LogP contribution in [0.5, 0.6) is 0 Å². The first-order valence-corrected chi connectivity index (χ1v) is 6.97. The van der Waals surface area contributed by atoms with Crippen molar-refractivity contribution in [2.75, 3.05) is 12.8 Å². The predicted octanol–water partition coefficient (Wildman–Crippen LogP) is 3.94. The van der Waals surface area contributed by atoms with E-state index in [2.05, 4.69) is 6.07 Å². The number of carbonyl (C=O) groups is 1. The molecule has 4 heteroatoms. The SMILES string of the molecule is COC(=O)c1ccccc1-c1cc2cc(N)ccc2s1. The number of ether oxygens (including phenoxy) is 1. The molecule has 20 heavy (non-hydrogen) atoms. The van der Waals surface area contributed by atoms with Gasteiger partial charge in [-0.25, -0.2) is 4.79 Å². The molecule has 1 aromatic heterocycles. The molecule has 0 aliphatic rings. The fraction of sp³-hybridized carbons (Fsp3) is 0.0625. The number of hydrogen-bond acceptors (Lipinski definition) is 4. The lowest BCUT2D eigenvalue weighted by atomic mass is 10.1. The van der Waals surface area contributed by atoms with Crippen molar-refractivity contribution in [3.05, 3.63) is 54.1 Å². The fourth-order valence-corrected chi connectivity index (χ4v) is 3.26. The first-order chi connectivity index (χ1) is 9.69. The monoisotopic (exact) mass is 283 g/mol. The zero-order chi connectivity index (χ0) is 14.1. The average molecular weight is 283 g/mol. The van der Waals surface area contributed by atoms with Crippen molar-refractivity contribution in [1.82, 2.24) is 0 Å². The third kappa shape index (κ3) is 2.14. The number of nitrogens with two attached hydrogens (primary N) is 1. The molecule has 0 saturated heterocycles. The van der Waals surface area contributed by atoms with Crippen molar-refractivity contribution in [1.29, 1.82) is 0 Å². The van der Waals surface area contributed by atoms with Gasteiger partial charge in [0.15, 0.2) is 0 Å². The maximum Gasteiger partial charge on any atom is 0.338 e. The van der Waals surface area contributed by atoms with E-state index in [1.165, 1.54) is 7.11 Å². The van der Waals surface area contributed by atoms with Gasteiger partial charge in [-0.05, 0) is 35.7 Å². The molecule has 0 atom stereocenters. The number of carbonyl (C=O) groups excluding carboxylic acids is 1. The molecule has 3 rings (SSSR count). The van der Waals surface area contributed by atoms with Crippen LogP contribution in [-0.4, -0.2) is 13.1 Å². The normalized spacial score (nSPS) is 10.7. The molecule has 100 valence electrons. The molecule has 0 fully saturated rings. The second-order valence-corrected chi connectivity index (χ2v) is 5.53. The van der Waals surface area contributed by atoms with Gasteiger partial charge in [0.05, 0.1) is 12.7 Å². The first kappa shape index (κ1) is 12.7. The lowest BCUT2D eigenvalue weighted by Crippen LogP contribution is -2.02. The van der Waals surface area contributed by atoms with Crippen LogP contribution in [0.4, 0.5) is 5.69 Å². The fourth-order valence-electron chi connectivity index (χ4n) is 2.18. The Labute approximate surface area is 120 Å². The Morgan fingerprint density at radius 1 is 1.15 bits per heavy atom. The summed E-state index contributed by atoms with van der Waals surface area (Å²) in [6.07, 6.45) is 0. The van der Waals surface area contributed by atoms with Gasteiger partial charge in [-0.1, -0.05) is 18.2 Å². The van der Waals surface area contributed by atoms with Gasteiger partial charge in [-0.3, -0.25) is 0 Å². The van der Waals surface area contributed by atoms with E-state index in [4.69, 9.17) is 10.5 Å². The number of rotatable bonds is 2. The van der Waals surface area contributed by atoms with E-state index in [0.717, 1.165) is 26.2 Å². The Kier molecular flexibility index (Phi) is 3.16. The van der Waals surface area contributed by atoms with E-state index < -0.39 is 0 Å². The molecular formula is C16H13NO2S. The van der Waals surface area contributed by atoms with Crippen LogP contribution in [0.15, 0.2) is 48.5 Å². The van der Waals surface area contributed by atoms with Gasteiger partial charge in [0, 0.05) is 20.8 Å². The van der Waals surface area contributed by atoms with Crippen molar-refractivity contribution in [3.63, 3.8) is 0 Å². The van der Waals surface area contributed by atoms with Crippen molar-refractivity contribution < 1.29 is 9.53 Å². The third-order valence-electron chi connectivity index (χ3n) is 3.14. The van der Waals surface area contributed by atoms with E-state index in [1.54, 1.807) is 17.4 Å². The molecular weight excluding hydrogens is 270 g/mol. The lowest BCUT2D eigenvalue weighted by Gasteiger charge is -2.05. The van der Waals surface area contributed by atoms with Crippen LogP contribution in [0.25, 0.3) is 20.5 Å². The summed E-state index contributed by atoms with van der Waals surface area (Å²) < 4.78 is 5.98. The molecule has 0 aliphatic heterocycles. The number of fused-ring (bicyclic) bond motifs is 1. The quantitative estimate of drug-likeness (QED) is 0.572. The summed E-state index contributed by atoms with van der Waals surface area (Å²) in [6.45, 7) is 0. The van der Waals surface area contributed by atoms with Gasteiger partial charge >= 0.3 is 5.97 Å². The van der Waals surface area contributed by atoms with Gasteiger partial charge in [0.2, 0.25) is 0 Å². The molecule has 0 saturated carbocycles. The first-order valence-electron chi connectivity index (χ1n) is 6.16. The standard InChI is InChI=1S/C16H13NO2S/c1-19-16(18)13-5-3-2-4-12(13)15-9-10-8-11(17)6-7-14(10)20-15/h2-9H,17H2,1H3. The number of thiophene rings is 1. The minimum Gasteiger partial charge on any atom is -0.465 e. The molecule has 1 heterocycles. The van der Waals surface area contributed by atoms with Gasteiger partial charge < -0.3 is 10.5 Å².